The molecule has 0 radical (unpaired) electrons. The first kappa shape index (κ1) is 23.9. The van der Waals surface area contributed by atoms with Gasteiger partial charge in [-0.3, -0.25) is 4.79 Å². The molecule has 0 saturated carbocycles. The minimum Gasteiger partial charge on any atom is -0.493 e. The summed E-state index contributed by atoms with van der Waals surface area (Å²) in [6, 6.07) is 9.76. The molecule has 1 saturated heterocycles. The molecule has 1 amide bonds. The quantitative estimate of drug-likeness (QED) is 0.667. The van der Waals surface area contributed by atoms with E-state index in [1.54, 1.807) is 13.8 Å². The Bertz CT molecular complexity index is 1050. The van der Waals surface area contributed by atoms with Crippen LogP contribution < -0.4 is 14.8 Å². The number of hydrogen-bond donors (Lipinski definition) is 1. The third kappa shape index (κ3) is 5.34. The third-order valence-electron chi connectivity index (χ3n) is 4.79. The largest absolute Gasteiger partial charge is 0.493 e. The summed E-state index contributed by atoms with van der Waals surface area (Å²) in [7, 11) is -2.47. The number of amides is 1. The highest BCUT2D eigenvalue weighted by Gasteiger charge is 2.32. The summed E-state index contributed by atoms with van der Waals surface area (Å²) < 4.78 is 67.8. The minimum absolute atomic E-state index is 0.0200. The van der Waals surface area contributed by atoms with Crippen LogP contribution in [0.4, 0.5) is 14.5 Å². The Labute approximate surface area is 185 Å². The van der Waals surface area contributed by atoms with Crippen LogP contribution in [0.15, 0.2) is 47.4 Å². The number of carbonyl (C=O) groups excluding carboxylic acids is 1. The average Bonchev–Trinajstić information content (AvgIpc) is 2.73. The molecule has 0 aliphatic carbocycles. The molecule has 1 N–H and O–H groups in total. The van der Waals surface area contributed by atoms with Gasteiger partial charge in [-0.2, -0.15) is 13.1 Å². The van der Waals surface area contributed by atoms with E-state index in [0.29, 0.717) is 0 Å². The molecule has 0 aromatic heterocycles. The summed E-state index contributed by atoms with van der Waals surface area (Å²) >= 11 is 0. The molecule has 1 aliphatic rings. The Balaban J connectivity index is 1.78. The van der Waals surface area contributed by atoms with Gasteiger partial charge in [-0.1, -0.05) is 6.07 Å². The highest BCUT2D eigenvalue weighted by atomic mass is 32.2. The second-order valence-corrected chi connectivity index (χ2v) is 9.21. The molecule has 2 unspecified atom stereocenters. The lowest BCUT2D eigenvalue weighted by Gasteiger charge is -2.34. The number of nitrogens with one attached hydrogen (secondary N) is 1. The van der Waals surface area contributed by atoms with Gasteiger partial charge in [0.2, 0.25) is 10.0 Å². The van der Waals surface area contributed by atoms with E-state index in [1.807, 2.05) is 0 Å². The molecule has 2 aromatic carbocycles. The summed E-state index contributed by atoms with van der Waals surface area (Å²) in [4.78, 5) is 12.7. The Morgan fingerprint density at radius 1 is 1.12 bits per heavy atom. The average molecular weight is 470 g/mol. The maximum atomic E-state index is 12.9. The molecule has 1 aliphatic heterocycles. The number of alkyl halides is 2. The second kappa shape index (κ2) is 9.80. The van der Waals surface area contributed by atoms with Gasteiger partial charge < -0.3 is 19.5 Å². The molecule has 2 aromatic rings. The molecular weight excluding hydrogens is 446 g/mol. The first-order valence-electron chi connectivity index (χ1n) is 9.80. The van der Waals surface area contributed by atoms with Crippen molar-refractivity contribution in [3.8, 4) is 11.5 Å². The van der Waals surface area contributed by atoms with Gasteiger partial charge in [-0.25, -0.2) is 8.42 Å². The maximum absolute atomic E-state index is 12.9. The number of halogens is 2. The summed E-state index contributed by atoms with van der Waals surface area (Å²) in [5.74, 6) is -1.13. The predicted octanol–water partition coefficient (Wildman–Crippen LogP) is 3.35. The van der Waals surface area contributed by atoms with Crippen molar-refractivity contribution in [2.75, 3.05) is 25.5 Å². The number of hydrogen-bond acceptors (Lipinski definition) is 6. The molecule has 8 nitrogen and oxygen atoms in total. The zero-order chi connectivity index (χ0) is 23.5. The number of nitrogens with zero attached hydrogens (tertiary/aromatic N) is 1. The Morgan fingerprint density at radius 3 is 2.31 bits per heavy atom. The van der Waals surface area contributed by atoms with Gasteiger partial charge in [0.15, 0.2) is 11.5 Å². The van der Waals surface area contributed by atoms with Crippen molar-refractivity contribution in [3.63, 3.8) is 0 Å². The molecular formula is C21H24F2N2O6S. The maximum Gasteiger partial charge on any atom is 0.387 e. The number of anilines is 1. The predicted molar refractivity (Wildman–Crippen MR) is 113 cm³/mol. The monoisotopic (exact) mass is 470 g/mol. The summed E-state index contributed by atoms with van der Waals surface area (Å²) in [6.45, 7) is 0.956. The molecule has 1 heterocycles. The number of para-hydroxylation sites is 1. The van der Waals surface area contributed by atoms with E-state index >= 15 is 0 Å². The highest BCUT2D eigenvalue weighted by molar-refractivity contribution is 7.89. The molecule has 174 valence electrons. The van der Waals surface area contributed by atoms with E-state index in [2.05, 4.69) is 10.1 Å². The first-order valence-corrected chi connectivity index (χ1v) is 11.2. The van der Waals surface area contributed by atoms with E-state index < -0.39 is 28.3 Å². The van der Waals surface area contributed by atoms with Crippen LogP contribution in [0, 0.1) is 0 Å². The van der Waals surface area contributed by atoms with E-state index in [9.17, 15) is 22.0 Å². The van der Waals surface area contributed by atoms with Crippen molar-refractivity contribution in [1.82, 2.24) is 4.31 Å². The number of morpholine rings is 1. The lowest BCUT2D eigenvalue weighted by atomic mass is 10.1. The number of benzene rings is 2. The topological polar surface area (TPSA) is 94.2 Å². The Hall–Kier alpha value is -2.76. The van der Waals surface area contributed by atoms with E-state index in [-0.39, 0.29) is 47.2 Å². The molecule has 2 atom stereocenters. The van der Waals surface area contributed by atoms with Crippen LogP contribution in [0.5, 0.6) is 11.5 Å². The van der Waals surface area contributed by atoms with Crippen molar-refractivity contribution >= 4 is 21.6 Å². The molecule has 3 rings (SSSR count). The van der Waals surface area contributed by atoms with Gasteiger partial charge in [0.1, 0.15) is 0 Å². The molecule has 0 spiro atoms. The van der Waals surface area contributed by atoms with Crippen LogP contribution >= 0.6 is 0 Å². The smallest absolute Gasteiger partial charge is 0.387 e. The SMILES string of the molecule is COc1cccc(C(=O)Nc2ccc(S(=O)(=O)N3CC(C)OC(C)C3)cc2)c1OC(F)F. The Kier molecular flexibility index (Phi) is 7.32. The van der Waals surface area contributed by atoms with Crippen LogP contribution in [-0.2, 0) is 14.8 Å². The summed E-state index contributed by atoms with van der Waals surface area (Å²) in [5, 5.41) is 2.55. The van der Waals surface area contributed by atoms with Gasteiger partial charge in [0.25, 0.3) is 5.91 Å². The number of sulfonamides is 1. The van der Waals surface area contributed by atoms with Crippen LogP contribution in [0.25, 0.3) is 0 Å². The minimum atomic E-state index is -3.73. The highest BCUT2D eigenvalue weighted by Crippen LogP contribution is 2.33. The van der Waals surface area contributed by atoms with Crippen molar-refractivity contribution in [3.05, 3.63) is 48.0 Å². The third-order valence-corrected chi connectivity index (χ3v) is 6.63. The molecule has 1 fully saturated rings. The lowest BCUT2D eigenvalue weighted by molar-refractivity contribution is -0.0515. The van der Waals surface area contributed by atoms with E-state index in [0.717, 1.165) is 0 Å². The zero-order valence-electron chi connectivity index (χ0n) is 17.7. The lowest BCUT2D eigenvalue weighted by Crippen LogP contribution is -2.48. The van der Waals surface area contributed by atoms with E-state index in [4.69, 9.17) is 9.47 Å². The van der Waals surface area contributed by atoms with Gasteiger partial charge in [0, 0.05) is 18.8 Å². The normalized spacial score (nSPS) is 19.6. The fraction of sp³-hybridized carbons (Fsp3) is 0.381. The zero-order valence-corrected chi connectivity index (χ0v) is 18.6. The van der Waals surface area contributed by atoms with Crippen molar-refractivity contribution in [2.45, 2.75) is 37.6 Å². The fourth-order valence-corrected chi connectivity index (χ4v) is 5.04. The number of methoxy groups -OCH3 is 1. The molecule has 32 heavy (non-hydrogen) atoms. The van der Waals surface area contributed by atoms with Crippen molar-refractivity contribution in [2.24, 2.45) is 0 Å². The van der Waals surface area contributed by atoms with Crippen LogP contribution in [0.1, 0.15) is 24.2 Å². The van der Waals surface area contributed by atoms with E-state index in [1.165, 1.54) is 53.9 Å². The van der Waals surface area contributed by atoms with Gasteiger partial charge in [-0.05, 0) is 50.2 Å². The number of rotatable bonds is 7. The molecule has 0 bridgehead atoms. The first-order chi connectivity index (χ1) is 15.1. The Morgan fingerprint density at radius 2 is 1.75 bits per heavy atom. The summed E-state index contributed by atoms with van der Waals surface area (Å²) in [5.41, 5.74) is 0.126. The number of carbonyl (C=O) groups is 1. The van der Waals surface area contributed by atoms with Crippen molar-refractivity contribution in [1.29, 1.82) is 0 Å². The van der Waals surface area contributed by atoms with Crippen LogP contribution in [0.2, 0.25) is 0 Å². The van der Waals surface area contributed by atoms with Crippen molar-refractivity contribution < 1.29 is 36.2 Å². The van der Waals surface area contributed by atoms with Gasteiger partial charge in [0.05, 0.1) is 29.8 Å². The summed E-state index contributed by atoms with van der Waals surface area (Å²) in [6.07, 6.45) is -0.445. The number of ether oxygens (including phenoxy) is 3. The second-order valence-electron chi connectivity index (χ2n) is 7.27. The van der Waals surface area contributed by atoms with Gasteiger partial charge in [-0.15, -0.1) is 0 Å². The van der Waals surface area contributed by atoms with Gasteiger partial charge >= 0.3 is 6.61 Å². The van der Waals surface area contributed by atoms with Crippen LogP contribution in [-0.4, -0.2) is 57.6 Å². The van der Waals surface area contributed by atoms with Crippen LogP contribution in [0.3, 0.4) is 0 Å². The standard InChI is InChI=1S/C21H24F2N2O6S/c1-13-11-25(12-14(2)30-13)32(27,28)16-9-7-15(8-10-16)24-20(26)17-5-4-6-18(29-3)19(17)31-21(22)23/h4-10,13-14,21H,11-12H2,1-3H3,(H,24,26). The fourth-order valence-electron chi connectivity index (χ4n) is 3.45. The molecule has 11 heteroatoms.